The van der Waals surface area contributed by atoms with E-state index < -0.39 is 7.92 Å². The van der Waals surface area contributed by atoms with E-state index in [-0.39, 0.29) is 16.5 Å². The van der Waals surface area contributed by atoms with Gasteiger partial charge >= 0.3 is 0 Å². The minimum Gasteiger partial charge on any atom is -0.0708 e. The molecule has 0 unspecified atom stereocenters. The van der Waals surface area contributed by atoms with E-state index in [4.69, 9.17) is 23.2 Å². The quantitative estimate of drug-likeness (QED) is 0.574. The second-order valence-electron chi connectivity index (χ2n) is 3.46. The molecular weight excluding hydrogens is 329 g/mol. The molecule has 0 N–H and O–H groups in total. The van der Waals surface area contributed by atoms with E-state index in [2.05, 4.69) is 24.3 Å². The number of hydrogen-bond acceptors (Lipinski definition) is 0. The molecule has 4 heteroatoms. The Kier molecular flexibility index (Phi) is 6.97. The van der Waals surface area contributed by atoms with Crippen LogP contribution in [-0.4, -0.2) is 0 Å². The molecule has 0 saturated heterocycles. The zero-order chi connectivity index (χ0) is 12.1. The van der Waals surface area contributed by atoms with Gasteiger partial charge < -0.3 is 0 Å². The summed E-state index contributed by atoms with van der Waals surface area (Å²) < 4.78 is 0.323. The van der Waals surface area contributed by atoms with Gasteiger partial charge in [-0.2, -0.15) is 0 Å². The summed E-state index contributed by atoms with van der Waals surface area (Å²) in [4.78, 5) is 0. The van der Waals surface area contributed by atoms with Crippen LogP contribution in [0.2, 0.25) is 0 Å². The second-order valence-corrected chi connectivity index (χ2v) is 6.50. The van der Waals surface area contributed by atoms with E-state index in [0.717, 1.165) is 0 Å². The van der Waals surface area contributed by atoms with Crippen LogP contribution in [0.4, 0.5) is 0 Å². The number of halogens is 2. The fraction of sp³-hybridized carbons (Fsp3) is 0. The third-order valence-electron chi connectivity index (χ3n) is 2.30. The molecule has 18 heavy (non-hydrogen) atoms. The van der Waals surface area contributed by atoms with Crippen LogP contribution in [0.25, 0.3) is 0 Å². The average molecular weight is 340 g/mol. The predicted molar refractivity (Wildman–Crippen MR) is 78.9 cm³/mol. The van der Waals surface area contributed by atoms with Gasteiger partial charge in [0.2, 0.25) is 0 Å². The van der Waals surface area contributed by atoms with Crippen LogP contribution in [0.15, 0.2) is 71.0 Å². The molecule has 0 amide bonds. The van der Waals surface area contributed by atoms with Crippen molar-refractivity contribution < 1.29 is 16.5 Å². The number of rotatable bonds is 3. The second kappa shape index (κ2) is 7.98. The van der Waals surface area contributed by atoms with E-state index in [0.29, 0.717) is 4.49 Å². The van der Waals surface area contributed by atoms with Crippen LogP contribution in [0.5, 0.6) is 0 Å². The minimum absolute atomic E-state index is 0. The van der Waals surface area contributed by atoms with Gasteiger partial charge in [0.25, 0.3) is 0 Å². The fourth-order valence-corrected chi connectivity index (χ4v) is 3.94. The SMILES string of the molecule is ClC(Cl)=CP(c1ccccc1)c1ccccc1.[Ni]. The summed E-state index contributed by atoms with van der Waals surface area (Å²) in [5.41, 5.74) is 0. The summed E-state index contributed by atoms with van der Waals surface area (Å²) in [6.07, 6.45) is 0. The Bertz CT molecular complexity index is 456. The minimum atomic E-state index is -0.616. The van der Waals surface area contributed by atoms with Gasteiger partial charge in [-0.15, -0.1) is 0 Å². The first-order chi connectivity index (χ1) is 8.27. The molecule has 0 nitrogen and oxygen atoms in total. The molecule has 0 radical (unpaired) electrons. The summed E-state index contributed by atoms with van der Waals surface area (Å²) in [6.45, 7) is 0. The van der Waals surface area contributed by atoms with Crippen LogP contribution in [0.1, 0.15) is 0 Å². The summed E-state index contributed by atoms with van der Waals surface area (Å²) in [6, 6.07) is 20.6. The fourth-order valence-electron chi connectivity index (χ4n) is 1.57. The monoisotopic (exact) mass is 338 g/mol. The predicted octanol–water partition coefficient (Wildman–Crippen LogP) is 4.39. The van der Waals surface area contributed by atoms with Gasteiger partial charge in [0.05, 0.1) is 0 Å². The maximum Gasteiger partial charge on any atom is 0.107 e. The van der Waals surface area contributed by atoms with E-state index >= 15 is 0 Å². The van der Waals surface area contributed by atoms with Gasteiger partial charge in [-0.1, -0.05) is 83.9 Å². The normalized spacial score (nSPS) is 9.72. The number of benzene rings is 2. The molecule has 96 valence electrons. The van der Waals surface area contributed by atoms with E-state index in [9.17, 15) is 0 Å². The zero-order valence-electron chi connectivity index (χ0n) is 9.37. The van der Waals surface area contributed by atoms with Gasteiger partial charge in [-0.25, -0.2) is 0 Å². The zero-order valence-corrected chi connectivity index (χ0v) is 12.8. The molecule has 0 bridgehead atoms. The molecule has 0 aliphatic rings. The maximum atomic E-state index is 5.82. The molecule has 2 aromatic rings. The summed E-state index contributed by atoms with van der Waals surface area (Å²) in [7, 11) is -0.616. The maximum absolute atomic E-state index is 5.82. The first-order valence-corrected chi connectivity index (χ1v) is 7.36. The third-order valence-corrected chi connectivity index (χ3v) is 5.04. The van der Waals surface area contributed by atoms with Gasteiger partial charge in [-0.3, -0.25) is 0 Å². The third kappa shape index (κ3) is 4.41. The van der Waals surface area contributed by atoms with Crippen LogP contribution in [-0.2, 0) is 16.5 Å². The molecule has 0 aliphatic carbocycles. The Labute approximate surface area is 129 Å². The molecule has 0 saturated carbocycles. The van der Waals surface area contributed by atoms with Crippen molar-refractivity contribution in [2.75, 3.05) is 0 Å². The Morgan fingerprint density at radius 1 is 0.778 bits per heavy atom. The van der Waals surface area contributed by atoms with Crippen LogP contribution < -0.4 is 10.6 Å². The van der Waals surface area contributed by atoms with Crippen molar-refractivity contribution in [3.63, 3.8) is 0 Å². The largest absolute Gasteiger partial charge is 0.107 e. The number of hydrogen-bond donors (Lipinski definition) is 0. The molecule has 0 aromatic heterocycles. The summed E-state index contributed by atoms with van der Waals surface area (Å²) >= 11 is 11.6. The van der Waals surface area contributed by atoms with Gasteiger partial charge in [-0.05, 0) is 24.3 Å². The molecule has 2 rings (SSSR count). The van der Waals surface area contributed by atoms with E-state index in [1.807, 2.05) is 42.2 Å². The molecular formula is C14H11Cl2NiP. The smallest absolute Gasteiger partial charge is 0.0708 e. The van der Waals surface area contributed by atoms with Crippen LogP contribution in [0, 0.1) is 0 Å². The Morgan fingerprint density at radius 3 is 1.50 bits per heavy atom. The van der Waals surface area contributed by atoms with Gasteiger partial charge in [0.1, 0.15) is 4.49 Å². The van der Waals surface area contributed by atoms with Crippen molar-refractivity contribution in [3.05, 3.63) is 71.0 Å². The molecule has 0 fully saturated rings. The molecule has 0 aliphatic heterocycles. The van der Waals surface area contributed by atoms with Crippen LogP contribution >= 0.6 is 31.1 Å². The van der Waals surface area contributed by atoms with Gasteiger partial charge in [0.15, 0.2) is 0 Å². The standard InChI is InChI=1S/C14H11Cl2P.Ni/c15-14(16)11-17(12-7-3-1-4-8-12)13-9-5-2-6-10-13;/h1-11H;. The van der Waals surface area contributed by atoms with Crippen molar-refractivity contribution in [1.82, 2.24) is 0 Å². The molecule has 0 heterocycles. The first kappa shape index (κ1) is 15.7. The van der Waals surface area contributed by atoms with Crippen molar-refractivity contribution in [2.45, 2.75) is 0 Å². The van der Waals surface area contributed by atoms with E-state index in [1.54, 1.807) is 0 Å². The Hall–Kier alpha value is -0.316. The Balaban J connectivity index is 0.00000162. The van der Waals surface area contributed by atoms with Crippen molar-refractivity contribution in [2.24, 2.45) is 0 Å². The topological polar surface area (TPSA) is 0 Å². The first-order valence-electron chi connectivity index (χ1n) is 5.19. The van der Waals surface area contributed by atoms with Gasteiger partial charge in [0, 0.05) is 16.5 Å². The molecule has 0 atom stereocenters. The molecule has 0 spiro atoms. The summed E-state index contributed by atoms with van der Waals surface area (Å²) in [5.74, 6) is 1.92. The Morgan fingerprint density at radius 2 is 1.17 bits per heavy atom. The summed E-state index contributed by atoms with van der Waals surface area (Å²) in [5, 5.41) is 2.49. The molecule has 2 aromatic carbocycles. The van der Waals surface area contributed by atoms with Crippen LogP contribution in [0.3, 0.4) is 0 Å². The average Bonchev–Trinajstić information content (AvgIpc) is 2.38. The van der Waals surface area contributed by atoms with Crippen molar-refractivity contribution >= 4 is 41.7 Å². The van der Waals surface area contributed by atoms with E-state index in [1.165, 1.54) is 10.6 Å². The van der Waals surface area contributed by atoms with Crippen molar-refractivity contribution in [1.29, 1.82) is 0 Å². The van der Waals surface area contributed by atoms with Crippen molar-refractivity contribution in [3.8, 4) is 0 Å².